The van der Waals surface area contributed by atoms with Gasteiger partial charge in [-0.2, -0.15) is 79.0 Å². The van der Waals surface area contributed by atoms with Gasteiger partial charge in [-0.05, 0) is 6.42 Å². The van der Waals surface area contributed by atoms with E-state index >= 15 is 0 Å². The first-order valence-electron chi connectivity index (χ1n) is 7.97. The van der Waals surface area contributed by atoms with Gasteiger partial charge in [0, 0.05) is 0 Å². The molecule has 0 aromatic carbocycles. The number of rotatable bonds is 11. The molecule has 0 spiro atoms. The Hall–Kier alpha value is -1.73. The topological polar surface area (TPSA) is 0 Å². The Bertz CT molecular complexity index is 790. The summed E-state index contributed by atoms with van der Waals surface area (Å²) in [6.45, 7) is 0.154. The zero-order valence-corrected chi connectivity index (χ0v) is 15.8. The summed E-state index contributed by atoms with van der Waals surface area (Å²) in [6, 6.07) is 0. The van der Waals surface area contributed by atoms with Crippen LogP contribution >= 0.6 is 0 Å². The Labute approximate surface area is 178 Å². The van der Waals surface area contributed by atoms with Crippen LogP contribution in [0.3, 0.4) is 0 Å². The zero-order chi connectivity index (χ0) is 29.1. The molecule has 0 aliphatic carbocycles. The van der Waals surface area contributed by atoms with Crippen LogP contribution in [0.2, 0.25) is 0 Å². The highest BCUT2D eigenvalue weighted by Gasteiger charge is 2.96. The van der Waals surface area contributed by atoms with Gasteiger partial charge >= 0.3 is 53.3 Å². The minimum absolute atomic E-state index is 0.154. The van der Waals surface area contributed by atoms with Crippen LogP contribution in [0.4, 0.5) is 92.2 Å². The second-order valence-electron chi connectivity index (χ2n) is 6.55. The maximum absolute atomic E-state index is 13.5. The van der Waals surface area contributed by atoms with E-state index in [1.807, 2.05) is 0 Å². The molecule has 21 heteroatoms. The number of alkyl halides is 19. The van der Waals surface area contributed by atoms with Crippen LogP contribution in [-0.2, 0) is 0 Å². The van der Waals surface area contributed by atoms with E-state index in [9.17, 15) is 92.2 Å². The molecular formula is C14H7F21. The SMILES string of the molecule is CCC(F)C(F)(F)C(F)(F)C(F)(F)C(F)(F)C(F)(F)C(F)(F)C(F)(F)C(F)(F)C(F)(F)C(F)=CF. The summed E-state index contributed by atoms with van der Waals surface area (Å²) in [5.41, 5.74) is 0. The van der Waals surface area contributed by atoms with E-state index in [0.29, 0.717) is 0 Å². The molecule has 0 N–H and O–H groups in total. The Morgan fingerprint density at radius 3 is 1.06 bits per heavy atom. The highest BCUT2D eigenvalue weighted by atomic mass is 19.4. The first-order chi connectivity index (χ1) is 15.0. The summed E-state index contributed by atoms with van der Waals surface area (Å²) >= 11 is 0. The lowest BCUT2D eigenvalue weighted by molar-refractivity contribution is -0.462. The van der Waals surface area contributed by atoms with Crippen LogP contribution in [0.5, 0.6) is 0 Å². The van der Waals surface area contributed by atoms with Crippen molar-refractivity contribution in [3.8, 4) is 0 Å². The molecule has 0 heterocycles. The molecule has 0 saturated heterocycles. The standard InChI is InChI=1S/C14H7F21/c1-2-4(16)6(18,19)8(22,23)10(26,27)12(30,31)14(34,35)13(32,33)11(28,29)9(24,25)7(20,21)5(17)3-15/h3-4H,2H2,1H3. The summed E-state index contributed by atoms with van der Waals surface area (Å²) in [7, 11) is 0. The summed E-state index contributed by atoms with van der Waals surface area (Å²) in [5.74, 6) is -80.3. The highest BCUT2D eigenvalue weighted by Crippen LogP contribution is 2.65. The van der Waals surface area contributed by atoms with Gasteiger partial charge in [0.2, 0.25) is 5.83 Å². The minimum atomic E-state index is -9.07. The van der Waals surface area contributed by atoms with Crippen molar-refractivity contribution in [1.29, 1.82) is 0 Å². The zero-order valence-electron chi connectivity index (χ0n) is 15.8. The van der Waals surface area contributed by atoms with Crippen molar-refractivity contribution in [2.75, 3.05) is 0 Å². The fraction of sp³-hybridized carbons (Fsp3) is 0.857. The number of hydrogen-bond donors (Lipinski definition) is 0. The van der Waals surface area contributed by atoms with Gasteiger partial charge in [0.1, 0.15) is 6.33 Å². The third kappa shape index (κ3) is 3.97. The molecule has 0 amide bonds. The molecule has 0 fully saturated rings. The monoisotopic (exact) mass is 574 g/mol. The maximum atomic E-state index is 13.5. The van der Waals surface area contributed by atoms with Gasteiger partial charge < -0.3 is 0 Å². The van der Waals surface area contributed by atoms with Crippen molar-refractivity contribution in [3.05, 3.63) is 12.2 Å². The fourth-order valence-electron chi connectivity index (χ4n) is 2.06. The largest absolute Gasteiger partial charge is 0.385 e. The third-order valence-electron chi connectivity index (χ3n) is 4.33. The number of halogens is 21. The Kier molecular flexibility index (Phi) is 8.26. The molecule has 1 atom stereocenters. The Morgan fingerprint density at radius 1 is 0.543 bits per heavy atom. The van der Waals surface area contributed by atoms with Gasteiger partial charge in [0.25, 0.3) is 0 Å². The second-order valence-corrected chi connectivity index (χ2v) is 6.55. The molecule has 0 aliphatic heterocycles. The molecule has 35 heavy (non-hydrogen) atoms. The van der Waals surface area contributed by atoms with E-state index in [0.717, 1.165) is 0 Å². The quantitative estimate of drug-likeness (QED) is 0.218. The van der Waals surface area contributed by atoms with Gasteiger partial charge in [-0.15, -0.1) is 0 Å². The van der Waals surface area contributed by atoms with Crippen LogP contribution in [0.25, 0.3) is 0 Å². The van der Waals surface area contributed by atoms with Crippen LogP contribution in [0.1, 0.15) is 13.3 Å². The van der Waals surface area contributed by atoms with Crippen LogP contribution in [-0.4, -0.2) is 59.5 Å². The van der Waals surface area contributed by atoms with Gasteiger partial charge in [0.05, 0.1) is 0 Å². The second kappa shape index (κ2) is 8.69. The van der Waals surface area contributed by atoms with Crippen molar-refractivity contribution in [2.45, 2.75) is 72.8 Å². The number of hydrogen-bond acceptors (Lipinski definition) is 0. The first-order valence-corrected chi connectivity index (χ1v) is 7.97. The lowest BCUT2D eigenvalue weighted by Gasteiger charge is -2.44. The Morgan fingerprint density at radius 2 is 0.800 bits per heavy atom. The molecule has 210 valence electrons. The van der Waals surface area contributed by atoms with E-state index in [4.69, 9.17) is 0 Å². The van der Waals surface area contributed by atoms with E-state index in [1.54, 1.807) is 0 Å². The predicted molar refractivity (Wildman–Crippen MR) is 70.0 cm³/mol. The van der Waals surface area contributed by atoms with Gasteiger partial charge in [-0.25, -0.2) is 13.2 Å². The van der Waals surface area contributed by atoms with Crippen LogP contribution in [0.15, 0.2) is 12.2 Å². The van der Waals surface area contributed by atoms with E-state index in [-0.39, 0.29) is 6.92 Å². The summed E-state index contributed by atoms with van der Waals surface area (Å²) in [6.07, 6.45) is -8.88. The van der Waals surface area contributed by atoms with Gasteiger partial charge in [-0.1, -0.05) is 6.92 Å². The molecule has 0 aromatic rings. The maximum Gasteiger partial charge on any atom is 0.385 e. The molecule has 0 nitrogen and oxygen atoms in total. The molecular weight excluding hydrogens is 567 g/mol. The van der Waals surface area contributed by atoms with Gasteiger partial charge in [0.15, 0.2) is 6.17 Å². The third-order valence-corrected chi connectivity index (χ3v) is 4.33. The minimum Gasteiger partial charge on any atom is -0.241 e. The molecule has 0 rings (SSSR count). The Balaban J connectivity index is 7.08. The highest BCUT2D eigenvalue weighted by molar-refractivity contribution is 5.20. The van der Waals surface area contributed by atoms with Crippen LogP contribution < -0.4 is 0 Å². The average molecular weight is 574 g/mol. The molecule has 0 bridgehead atoms. The average Bonchev–Trinajstić information content (AvgIpc) is 2.70. The van der Waals surface area contributed by atoms with Crippen molar-refractivity contribution in [3.63, 3.8) is 0 Å². The summed E-state index contributed by atoms with van der Waals surface area (Å²) in [4.78, 5) is 0. The van der Waals surface area contributed by atoms with Crippen molar-refractivity contribution in [1.82, 2.24) is 0 Å². The van der Waals surface area contributed by atoms with Crippen molar-refractivity contribution >= 4 is 0 Å². The van der Waals surface area contributed by atoms with E-state index in [1.165, 1.54) is 0 Å². The molecule has 0 aliphatic rings. The summed E-state index contributed by atoms with van der Waals surface area (Å²) < 4.78 is 277. The van der Waals surface area contributed by atoms with E-state index in [2.05, 4.69) is 0 Å². The molecule has 0 aromatic heterocycles. The predicted octanol–water partition coefficient (Wildman–Crippen LogP) is 8.23. The van der Waals surface area contributed by atoms with Gasteiger partial charge in [-0.3, -0.25) is 0 Å². The summed E-state index contributed by atoms with van der Waals surface area (Å²) in [5, 5.41) is 0. The normalized spacial score (nSPS) is 17.6. The van der Waals surface area contributed by atoms with Crippen molar-refractivity contribution < 1.29 is 92.2 Å². The number of allylic oxidation sites excluding steroid dienone is 1. The molecule has 0 saturated carbocycles. The lowest BCUT2D eigenvalue weighted by atomic mass is 9.85. The smallest absolute Gasteiger partial charge is 0.241 e. The van der Waals surface area contributed by atoms with E-state index < -0.39 is 78.1 Å². The first kappa shape index (κ1) is 33.3. The van der Waals surface area contributed by atoms with Crippen molar-refractivity contribution in [2.24, 2.45) is 0 Å². The fourth-order valence-corrected chi connectivity index (χ4v) is 2.06. The molecule has 0 radical (unpaired) electrons. The van der Waals surface area contributed by atoms with Crippen LogP contribution in [0, 0.1) is 0 Å². The lowest BCUT2D eigenvalue weighted by Crippen LogP contribution is -2.76. The molecule has 1 unspecified atom stereocenters.